The van der Waals surface area contributed by atoms with Gasteiger partial charge >= 0.3 is 6.09 Å². The van der Waals surface area contributed by atoms with Gasteiger partial charge in [0.2, 0.25) is 0 Å². The number of aromatic nitrogens is 1. The zero-order valence-corrected chi connectivity index (χ0v) is 18.2. The summed E-state index contributed by atoms with van der Waals surface area (Å²) in [4.78, 5) is 26.8. The Morgan fingerprint density at radius 2 is 1.84 bits per heavy atom. The lowest BCUT2D eigenvalue weighted by Gasteiger charge is -2.15. The largest absolute Gasteiger partial charge is 0.489 e. The van der Waals surface area contributed by atoms with E-state index in [0.717, 1.165) is 27.8 Å². The average molecular weight is 447 g/mol. The molecule has 0 radical (unpaired) electrons. The summed E-state index contributed by atoms with van der Waals surface area (Å²) >= 11 is 1.69. The average Bonchev–Trinajstić information content (AvgIpc) is 3.00. The summed E-state index contributed by atoms with van der Waals surface area (Å²) < 4.78 is 8.50. The van der Waals surface area contributed by atoms with Crippen LogP contribution < -0.4 is 10.3 Å². The van der Waals surface area contributed by atoms with Gasteiger partial charge in [0.1, 0.15) is 12.4 Å². The predicted molar refractivity (Wildman–Crippen MR) is 125 cm³/mol. The summed E-state index contributed by atoms with van der Waals surface area (Å²) in [6, 6.07) is 19.2. The summed E-state index contributed by atoms with van der Waals surface area (Å²) in [6.45, 7) is 1.45. The molecule has 32 heavy (non-hydrogen) atoms. The fourth-order valence-electron chi connectivity index (χ4n) is 4.11. The second-order valence-corrected chi connectivity index (χ2v) is 8.94. The molecule has 1 aliphatic heterocycles. The molecule has 162 valence electrons. The third-order valence-electron chi connectivity index (χ3n) is 5.79. The number of amides is 1. The molecule has 5 rings (SSSR count). The molecule has 1 aliphatic rings. The Morgan fingerprint density at radius 3 is 2.62 bits per heavy atom. The molecule has 4 aromatic rings. The summed E-state index contributed by atoms with van der Waals surface area (Å²) in [6.07, 6.45) is 2.33. The molecular formula is C25H22N2O4S. The fraction of sp³-hybridized carbons (Fsp3) is 0.200. The first-order valence-corrected chi connectivity index (χ1v) is 11.3. The maximum atomic E-state index is 12.8. The summed E-state index contributed by atoms with van der Waals surface area (Å²) in [5.74, 6) is 0.544. The summed E-state index contributed by atoms with van der Waals surface area (Å²) in [5, 5.41) is 10.4. The molecule has 0 fully saturated rings. The summed E-state index contributed by atoms with van der Waals surface area (Å²) in [5.41, 5.74) is 2.94. The van der Waals surface area contributed by atoms with Gasteiger partial charge in [0.05, 0.1) is 5.69 Å². The van der Waals surface area contributed by atoms with Gasteiger partial charge in [-0.3, -0.25) is 9.36 Å². The quantitative estimate of drug-likeness (QED) is 0.493. The van der Waals surface area contributed by atoms with Crippen LogP contribution in [-0.2, 0) is 19.4 Å². The number of rotatable bonds is 4. The van der Waals surface area contributed by atoms with E-state index >= 15 is 0 Å². The molecule has 0 saturated heterocycles. The lowest BCUT2D eigenvalue weighted by Crippen LogP contribution is -2.31. The number of benzene rings is 2. The Morgan fingerprint density at radius 1 is 1.03 bits per heavy atom. The van der Waals surface area contributed by atoms with E-state index < -0.39 is 6.09 Å². The van der Waals surface area contributed by atoms with Crippen LogP contribution in [0, 0.1) is 0 Å². The highest BCUT2D eigenvalue weighted by Gasteiger charge is 2.21. The number of thiophene rings is 1. The number of carbonyl (C=O) groups is 1. The van der Waals surface area contributed by atoms with E-state index in [9.17, 15) is 14.7 Å². The van der Waals surface area contributed by atoms with E-state index in [1.54, 1.807) is 28.2 Å². The number of carboxylic acid groups (broad SMARTS) is 1. The Labute approximate surface area is 188 Å². The first kappa shape index (κ1) is 20.3. The molecule has 0 bridgehead atoms. The predicted octanol–water partition coefficient (Wildman–Crippen LogP) is 4.71. The van der Waals surface area contributed by atoms with Crippen LogP contribution >= 0.6 is 11.3 Å². The third kappa shape index (κ3) is 3.99. The molecule has 0 unspecified atom stereocenters. The summed E-state index contributed by atoms with van der Waals surface area (Å²) in [7, 11) is 0. The first-order valence-electron chi connectivity index (χ1n) is 10.5. The number of hydrogen-bond donors (Lipinski definition) is 1. The van der Waals surface area contributed by atoms with Gasteiger partial charge in [-0.15, -0.1) is 11.3 Å². The van der Waals surface area contributed by atoms with Crippen LogP contribution in [0.2, 0.25) is 0 Å². The van der Waals surface area contributed by atoms with E-state index in [4.69, 9.17) is 4.74 Å². The monoisotopic (exact) mass is 446 g/mol. The van der Waals surface area contributed by atoms with Crippen molar-refractivity contribution < 1.29 is 14.6 Å². The molecule has 0 saturated carbocycles. The number of hydrogen-bond acceptors (Lipinski definition) is 4. The van der Waals surface area contributed by atoms with Crippen molar-refractivity contribution in [3.8, 4) is 11.4 Å². The lowest BCUT2D eigenvalue weighted by molar-refractivity contribution is 0.147. The lowest BCUT2D eigenvalue weighted by atomic mass is 10.1. The molecule has 2 aromatic carbocycles. The molecule has 6 nitrogen and oxygen atoms in total. The molecule has 0 atom stereocenters. The van der Waals surface area contributed by atoms with Crippen LogP contribution in [0.25, 0.3) is 15.8 Å². The van der Waals surface area contributed by atoms with Crippen molar-refractivity contribution >= 4 is 27.5 Å². The highest BCUT2D eigenvalue weighted by Crippen LogP contribution is 2.35. The van der Waals surface area contributed by atoms with E-state index in [1.165, 1.54) is 21.4 Å². The van der Waals surface area contributed by atoms with Crippen LogP contribution in [0.4, 0.5) is 4.79 Å². The minimum absolute atomic E-state index is 0.148. The van der Waals surface area contributed by atoms with Gasteiger partial charge in [-0.25, -0.2) is 4.79 Å². The molecule has 1 N–H and O–H groups in total. The van der Waals surface area contributed by atoms with Crippen LogP contribution in [0.1, 0.15) is 16.0 Å². The van der Waals surface area contributed by atoms with E-state index in [0.29, 0.717) is 31.9 Å². The Hall–Kier alpha value is -3.58. The van der Waals surface area contributed by atoms with Crippen molar-refractivity contribution in [2.75, 3.05) is 13.1 Å². The van der Waals surface area contributed by atoms with Gasteiger partial charge in [-0.2, -0.15) is 0 Å². The van der Waals surface area contributed by atoms with Crippen LogP contribution in [0.3, 0.4) is 0 Å². The molecular weight excluding hydrogens is 424 g/mol. The minimum atomic E-state index is -0.859. The molecule has 0 spiro atoms. The Balaban J connectivity index is 1.38. The number of nitrogens with zero attached hydrogens (tertiary/aromatic N) is 2. The second kappa shape index (κ2) is 8.51. The number of ether oxygens (including phenoxy) is 1. The van der Waals surface area contributed by atoms with Crippen LogP contribution in [0.15, 0.2) is 71.7 Å². The maximum absolute atomic E-state index is 12.8. The second-order valence-electron chi connectivity index (χ2n) is 7.80. The van der Waals surface area contributed by atoms with Gasteiger partial charge in [0.15, 0.2) is 0 Å². The highest BCUT2D eigenvalue weighted by molar-refractivity contribution is 7.19. The van der Waals surface area contributed by atoms with Crippen molar-refractivity contribution in [1.29, 1.82) is 0 Å². The molecule has 0 aliphatic carbocycles. The van der Waals surface area contributed by atoms with Gasteiger partial charge in [-0.05, 0) is 47.6 Å². The van der Waals surface area contributed by atoms with Crippen LogP contribution in [-0.4, -0.2) is 33.8 Å². The van der Waals surface area contributed by atoms with Gasteiger partial charge in [0, 0.05) is 34.9 Å². The highest BCUT2D eigenvalue weighted by atomic mass is 32.1. The fourth-order valence-corrected chi connectivity index (χ4v) is 5.38. The smallest absolute Gasteiger partial charge is 0.407 e. The van der Waals surface area contributed by atoms with Crippen LogP contribution in [0.5, 0.6) is 5.75 Å². The molecule has 1 amide bonds. The molecule has 2 aromatic heterocycles. The zero-order chi connectivity index (χ0) is 22.1. The SMILES string of the molecule is O=C(O)N1CCc2sc3cc(-n4ccc(OCc5ccccc5)cc4=O)ccc3c2CC1. The van der Waals surface area contributed by atoms with Crippen molar-refractivity contribution in [2.24, 2.45) is 0 Å². The topological polar surface area (TPSA) is 71.8 Å². The maximum Gasteiger partial charge on any atom is 0.407 e. The number of fused-ring (bicyclic) bond motifs is 3. The minimum Gasteiger partial charge on any atom is -0.489 e. The van der Waals surface area contributed by atoms with Crippen molar-refractivity contribution in [1.82, 2.24) is 9.47 Å². The van der Waals surface area contributed by atoms with E-state index in [2.05, 4.69) is 0 Å². The Kier molecular flexibility index (Phi) is 5.41. The van der Waals surface area contributed by atoms with E-state index in [-0.39, 0.29) is 5.56 Å². The Bertz CT molecular complexity index is 1340. The van der Waals surface area contributed by atoms with Gasteiger partial charge < -0.3 is 14.7 Å². The van der Waals surface area contributed by atoms with Crippen molar-refractivity contribution in [2.45, 2.75) is 19.4 Å². The molecule has 3 heterocycles. The number of pyridine rings is 1. The van der Waals surface area contributed by atoms with Gasteiger partial charge in [0.25, 0.3) is 5.56 Å². The zero-order valence-electron chi connectivity index (χ0n) is 17.4. The van der Waals surface area contributed by atoms with Crippen molar-refractivity contribution in [3.05, 3.63) is 93.2 Å². The van der Waals surface area contributed by atoms with Crippen molar-refractivity contribution in [3.63, 3.8) is 0 Å². The normalized spacial score (nSPS) is 13.6. The third-order valence-corrected chi connectivity index (χ3v) is 7.04. The molecule has 7 heteroatoms. The van der Waals surface area contributed by atoms with E-state index in [1.807, 2.05) is 48.5 Å². The van der Waals surface area contributed by atoms with Gasteiger partial charge in [-0.1, -0.05) is 36.4 Å². The standard InChI is InChI=1S/C25H22N2O4S/c28-24-15-19(31-16-17-4-2-1-3-5-17)8-13-27(24)18-6-7-20-21-9-11-26(25(29)30)12-10-22(21)32-23(20)14-18/h1-8,13-15H,9-12,16H2,(H,29,30). The first-order chi connectivity index (χ1) is 15.6.